The highest BCUT2D eigenvalue weighted by molar-refractivity contribution is 7.88. The largest absolute Gasteiger partial charge is 0.317 e. The summed E-state index contributed by atoms with van der Waals surface area (Å²) in [5, 5.41) is 3.35. The lowest BCUT2D eigenvalue weighted by Crippen LogP contribution is -2.40. The molecular formula is C12H26N2O2S. The lowest BCUT2D eigenvalue weighted by atomic mass is 9.90. The van der Waals surface area contributed by atoms with Gasteiger partial charge in [0.15, 0.2) is 0 Å². The molecule has 0 aliphatic carbocycles. The average molecular weight is 262 g/mol. The minimum absolute atomic E-state index is 0.534. The van der Waals surface area contributed by atoms with E-state index >= 15 is 0 Å². The van der Waals surface area contributed by atoms with Crippen LogP contribution in [0.4, 0.5) is 0 Å². The Labute approximate surface area is 106 Å². The first kappa shape index (κ1) is 14.9. The van der Waals surface area contributed by atoms with Crippen molar-refractivity contribution in [2.24, 2.45) is 11.8 Å². The zero-order valence-corrected chi connectivity index (χ0v) is 12.1. The Balaban J connectivity index is 2.39. The van der Waals surface area contributed by atoms with Crippen molar-refractivity contribution in [3.8, 4) is 0 Å². The molecule has 1 saturated heterocycles. The van der Waals surface area contributed by atoms with Crippen LogP contribution in [0, 0.1) is 11.8 Å². The lowest BCUT2D eigenvalue weighted by molar-refractivity contribution is 0.233. The Morgan fingerprint density at radius 1 is 1.47 bits per heavy atom. The third-order valence-electron chi connectivity index (χ3n) is 3.43. The van der Waals surface area contributed by atoms with Crippen molar-refractivity contribution in [3.63, 3.8) is 0 Å². The molecule has 1 heterocycles. The van der Waals surface area contributed by atoms with Gasteiger partial charge in [-0.05, 0) is 44.2 Å². The van der Waals surface area contributed by atoms with Gasteiger partial charge in [-0.25, -0.2) is 12.7 Å². The molecule has 5 heteroatoms. The third kappa shape index (κ3) is 5.36. The lowest BCUT2D eigenvalue weighted by Gasteiger charge is -2.32. The van der Waals surface area contributed by atoms with Gasteiger partial charge in [0.25, 0.3) is 0 Å². The summed E-state index contributed by atoms with van der Waals surface area (Å²) < 4.78 is 24.6. The van der Waals surface area contributed by atoms with Gasteiger partial charge in [-0.15, -0.1) is 0 Å². The van der Waals surface area contributed by atoms with Crippen LogP contribution in [0.15, 0.2) is 0 Å². The van der Waals surface area contributed by atoms with Crippen molar-refractivity contribution in [2.45, 2.75) is 33.1 Å². The highest BCUT2D eigenvalue weighted by Gasteiger charge is 2.26. The molecule has 1 fully saturated rings. The fraction of sp³-hybridized carbons (Fsp3) is 1.00. The second-order valence-corrected chi connectivity index (χ2v) is 7.26. The highest BCUT2D eigenvalue weighted by atomic mass is 32.2. The van der Waals surface area contributed by atoms with Crippen LogP contribution in [-0.4, -0.2) is 45.2 Å². The molecule has 17 heavy (non-hydrogen) atoms. The van der Waals surface area contributed by atoms with Gasteiger partial charge in [-0.3, -0.25) is 0 Å². The molecule has 4 nitrogen and oxygen atoms in total. The molecule has 1 rings (SSSR count). The minimum atomic E-state index is -2.99. The Hall–Kier alpha value is -0.130. The van der Waals surface area contributed by atoms with Gasteiger partial charge in [0.05, 0.1) is 6.26 Å². The van der Waals surface area contributed by atoms with Crippen molar-refractivity contribution < 1.29 is 8.42 Å². The topological polar surface area (TPSA) is 49.4 Å². The van der Waals surface area contributed by atoms with E-state index in [2.05, 4.69) is 19.2 Å². The molecule has 0 aromatic rings. The first-order chi connectivity index (χ1) is 7.93. The van der Waals surface area contributed by atoms with Crippen molar-refractivity contribution >= 4 is 10.0 Å². The maximum Gasteiger partial charge on any atom is 0.211 e. The SMILES string of the molecule is CCNCC(C)CC1CCCN(S(C)(=O)=O)C1. The van der Waals surface area contributed by atoms with E-state index in [0.29, 0.717) is 18.4 Å². The summed E-state index contributed by atoms with van der Waals surface area (Å²) in [6.07, 6.45) is 4.62. The Morgan fingerprint density at radius 3 is 2.76 bits per heavy atom. The van der Waals surface area contributed by atoms with E-state index < -0.39 is 10.0 Å². The number of rotatable bonds is 6. The quantitative estimate of drug-likeness (QED) is 0.785. The Morgan fingerprint density at radius 2 is 2.18 bits per heavy atom. The first-order valence-electron chi connectivity index (χ1n) is 6.59. The minimum Gasteiger partial charge on any atom is -0.317 e. The smallest absolute Gasteiger partial charge is 0.211 e. The number of nitrogens with zero attached hydrogens (tertiary/aromatic N) is 1. The number of nitrogens with one attached hydrogen (secondary N) is 1. The predicted octanol–water partition coefficient (Wildman–Crippen LogP) is 1.29. The fourth-order valence-electron chi connectivity index (χ4n) is 2.56. The molecule has 2 atom stereocenters. The van der Waals surface area contributed by atoms with E-state index in [1.807, 2.05) is 0 Å². The van der Waals surface area contributed by atoms with E-state index in [-0.39, 0.29) is 0 Å². The number of hydrogen-bond acceptors (Lipinski definition) is 3. The Bertz CT molecular complexity index is 316. The second-order valence-electron chi connectivity index (χ2n) is 5.28. The third-order valence-corrected chi connectivity index (χ3v) is 4.70. The van der Waals surface area contributed by atoms with Gasteiger partial charge in [-0.1, -0.05) is 13.8 Å². The molecule has 0 aromatic carbocycles. The van der Waals surface area contributed by atoms with E-state index in [9.17, 15) is 8.42 Å². The molecule has 1 aliphatic heterocycles. The van der Waals surface area contributed by atoms with Gasteiger partial charge in [0, 0.05) is 13.1 Å². The summed E-state index contributed by atoms with van der Waals surface area (Å²) in [7, 11) is -2.99. The molecule has 0 spiro atoms. The molecule has 2 unspecified atom stereocenters. The molecule has 0 saturated carbocycles. The van der Waals surface area contributed by atoms with Crippen LogP contribution in [-0.2, 0) is 10.0 Å². The number of hydrogen-bond donors (Lipinski definition) is 1. The normalized spacial score (nSPS) is 24.8. The van der Waals surface area contributed by atoms with Crippen molar-refractivity contribution in [3.05, 3.63) is 0 Å². The molecule has 0 aromatic heterocycles. The molecular weight excluding hydrogens is 236 g/mol. The summed E-state index contributed by atoms with van der Waals surface area (Å²) >= 11 is 0. The van der Waals surface area contributed by atoms with Crippen LogP contribution >= 0.6 is 0 Å². The van der Waals surface area contributed by atoms with Crippen molar-refractivity contribution in [1.82, 2.24) is 9.62 Å². The molecule has 0 radical (unpaired) electrons. The average Bonchev–Trinajstić information content (AvgIpc) is 2.25. The van der Waals surface area contributed by atoms with Crippen molar-refractivity contribution in [2.75, 3.05) is 32.4 Å². The van der Waals surface area contributed by atoms with E-state index in [4.69, 9.17) is 0 Å². The van der Waals surface area contributed by atoms with Crippen LogP contribution in [0.2, 0.25) is 0 Å². The fourth-order valence-corrected chi connectivity index (χ4v) is 3.51. The molecule has 0 amide bonds. The molecule has 1 N–H and O–H groups in total. The monoisotopic (exact) mass is 262 g/mol. The summed E-state index contributed by atoms with van der Waals surface area (Å²) in [4.78, 5) is 0. The van der Waals surface area contributed by atoms with Crippen LogP contribution in [0.3, 0.4) is 0 Å². The molecule has 0 bridgehead atoms. The number of piperidine rings is 1. The van der Waals surface area contributed by atoms with E-state index in [0.717, 1.165) is 32.5 Å². The molecule has 102 valence electrons. The van der Waals surface area contributed by atoms with Gasteiger partial charge < -0.3 is 5.32 Å². The van der Waals surface area contributed by atoms with E-state index in [1.165, 1.54) is 12.7 Å². The Kier molecular flexibility index (Phi) is 5.89. The maximum atomic E-state index is 11.5. The summed E-state index contributed by atoms with van der Waals surface area (Å²) in [5.74, 6) is 1.16. The summed E-state index contributed by atoms with van der Waals surface area (Å²) in [6.45, 7) is 7.81. The highest BCUT2D eigenvalue weighted by Crippen LogP contribution is 2.24. The van der Waals surface area contributed by atoms with Crippen molar-refractivity contribution in [1.29, 1.82) is 0 Å². The van der Waals surface area contributed by atoms with Gasteiger partial charge >= 0.3 is 0 Å². The van der Waals surface area contributed by atoms with Crippen LogP contribution in [0.25, 0.3) is 0 Å². The van der Waals surface area contributed by atoms with Gasteiger partial charge in [0.2, 0.25) is 10.0 Å². The standard InChI is InChI=1S/C12H26N2O2S/c1-4-13-9-11(2)8-12-6-5-7-14(10-12)17(3,15)16/h11-13H,4-10H2,1-3H3. The zero-order chi connectivity index (χ0) is 12.9. The maximum absolute atomic E-state index is 11.5. The van der Waals surface area contributed by atoms with E-state index in [1.54, 1.807) is 4.31 Å². The van der Waals surface area contributed by atoms with Gasteiger partial charge in [-0.2, -0.15) is 0 Å². The van der Waals surface area contributed by atoms with Crippen LogP contribution < -0.4 is 5.32 Å². The predicted molar refractivity (Wildman–Crippen MR) is 71.5 cm³/mol. The van der Waals surface area contributed by atoms with Gasteiger partial charge in [0.1, 0.15) is 0 Å². The summed E-state index contributed by atoms with van der Waals surface area (Å²) in [5.41, 5.74) is 0. The second kappa shape index (κ2) is 6.71. The number of sulfonamides is 1. The van der Waals surface area contributed by atoms with Crippen LogP contribution in [0.1, 0.15) is 33.1 Å². The zero-order valence-electron chi connectivity index (χ0n) is 11.3. The first-order valence-corrected chi connectivity index (χ1v) is 8.44. The molecule has 1 aliphatic rings. The van der Waals surface area contributed by atoms with Crippen LogP contribution in [0.5, 0.6) is 0 Å². The summed E-state index contributed by atoms with van der Waals surface area (Å²) in [6, 6.07) is 0.